The molecule has 108 valence electrons. The van der Waals surface area contributed by atoms with Crippen LogP contribution in [0.25, 0.3) is 0 Å². The zero-order chi connectivity index (χ0) is 14.1. The molecule has 1 heterocycles. The van der Waals surface area contributed by atoms with E-state index < -0.39 is 0 Å². The fourth-order valence-corrected chi connectivity index (χ4v) is 4.26. The second-order valence-electron chi connectivity index (χ2n) is 6.61. The summed E-state index contributed by atoms with van der Waals surface area (Å²) in [6.45, 7) is 3.63. The molecule has 0 radical (unpaired) electrons. The largest absolute Gasteiger partial charge is 0.299 e. The molecule has 0 amide bonds. The number of fused-ring (bicyclic) bond motifs is 3. The van der Waals surface area contributed by atoms with Crippen LogP contribution in [0.15, 0.2) is 54.6 Å². The summed E-state index contributed by atoms with van der Waals surface area (Å²) < 4.78 is 0. The minimum absolute atomic E-state index is 0.807. The van der Waals surface area contributed by atoms with Crippen LogP contribution in [0.1, 0.15) is 35.4 Å². The quantitative estimate of drug-likeness (QED) is 0.793. The van der Waals surface area contributed by atoms with Crippen molar-refractivity contribution < 1.29 is 0 Å². The Morgan fingerprint density at radius 2 is 1.71 bits per heavy atom. The summed E-state index contributed by atoms with van der Waals surface area (Å²) >= 11 is 0. The number of rotatable bonds is 2. The maximum absolute atomic E-state index is 2.66. The van der Waals surface area contributed by atoms with Crippen molar-refractivity contribution in [2.45, 2.75) is 31.7 Å². The average Bonchev–Trinajstić information content (AvgIpc) is 2.55. The number of likely N-dealkylation sites (tertiary alicyclic amines) is 1. The number of aryl methyl sites for hydroxylation is 1. The van der Waals surface area contributed by atoms with Crippen LogP contribution in [0.5, 0.6) is 0 Å². The van der Waals surface area contributed by atoms with E-state index in [1.807, 2.05) is 0 Å². The van der Waals surface area contributed by atoms with Crippen LogP contribution >= 0.6 is 0 Å². The van der Waals surface area contributed by atoms with Gasteiger partial charge >= 0.3 is 0 Å². The Kier molecular flexibility index (Phi) is 3.52. The molecule has 0 saturated carbocycles. The smallest absolute Gasteiger partial charge is 0.0233 e. The van der Waals surface area contributed by atoms with Gasteiger partial charge in [0.25, 0.3) is 0 Å². The summed E-state index contributed by atoms with van der Waals surface area (Å²) in [6.07, 6.45) is 3.97. The Balaban J connectivity index is 1.48. The highest BCUT2D eigenvalue weighted by Crippen LogP contribution is 2.41. The Morgan fingerprint density at radius 1 is 0.905 bits per heavy atom. The van der Waals surface area contributed by atoms with Gasteiger partial charge in [0, 0.05) is 13.1 Å². The molecule has 2 atom stereocenters. The van der Waals surface area contributed by atoms with Crippen LogP contribution in [0.2, 0.25) is 0 Å². The predicted molar refractivity (Wildman–Crippen MR) is 87.3 cm³/mol. The van der Waals surface area contributed by atoms with Crippen molar-refractivity contribution in [3.8, 4) is 0 Å². The monoisotopic (exact) mass is 277 g/mol. The van der Waals surface area contributed by atoms with Crippen molar-refractivity contribution >= 4 is 0 Å². The summed E-state index contributed by atoms with van der Waals surface area (Å²) in [4.78, 5) is 2.66. The normalized spacial score (nSPS) is 25.1. The first-order valence-corrected chi connectivity index (χ1v) is 8.24. The van der Waals surface area contributed by atoms with Crippen LogP contribution in [0.3, 0.4) is 0 Å². The van der Waals surface area contributed by atoms with Gasteiger partial charge in [0.2, 0.25) is 0 Å². The molecule has 2 aliphatic rings. The van der Waals surface area contributed by atoms with E-state index in [-0.39, 0.29) is 0 Å². The lowest BCUT2D eigenvalue weighted by Crippen LogP contribution is -2.40. The summed E-state index contributed by atoms with van der Waals surface area (Å²) in [5.41, 5.74) is 4.70. The van der Waals surface area contributed by atoms with Crippen molar-refractivity contribution in [1.29, 1.82) is 0 Å². The van der Waals surface area contributed by atoms with Crippen LogP contribution in [-0.2, 0) is 13.0 Å². The van der Waals surface area contributed by atoms with Crippen molar-refractivity contribution in [1.82, 2.24) is 4.90 Å². The van der Waals surface area contributed by atoms with E-state index in [0.29, 0.717) is 0 Å². The second kappa shape index (κ2) is 5.65. The van der Waals surface area contributed by atoms with Crippen LogP contribution < -0.4 is 0 Å². The molecule has 0 spiro atoms. The molecule has 1 nitrogen and oxygen atoms in total. The zero-order valence-electron chi connectivity index (χ0n) is 12.5. The van der Waals surface area contributed by atoms with E-state index in [9.17, 15) is 0 Å². The molecule has 1 heteroatoms. The first-order valence-electron chi connectivity index (χ1n) is 8.24. The topological polar surface area (TPSA) is 3.24 Å². The molecule has 1 fully saturated rings. The third-order valence-corrected chi connectivity index (χ3v) is 5.31. The predicted octanol–water partition coefficient (Wildman–Crippen LogP) is 4.24. The van der Waals surface area contributed by atoms with Gasteiger partial charge in [-0.15, -0.1) is 0 Å². The number of nitrogens with zero attached hydrogens (tertiary/aromatic N) is 1. The molecular weight excluding hydrogens is 254 g/mol. The van der Waals surface area contributed by atoms with Gasteiger partial charge in [-0.2, -0.15) is 0 Å². The molecule has 4 rings (SSSR count). The molecule has 1 saturated heterocycles. The number of hydrogen-bond acceptors (Lipinski definition) is 1. The Morgan fingerprint density at radius 3 is 2.62 bits per heavy atom. The van der Waals surface area contributed by atoms with E-state index in [4.69, 9.17) is 0 Å². The highest BCUT2D eigenvalue weighted by atomic mass is 15.1. The molecule has 0 aromatic heterocycles. The van der Waals surface area contributed by atoms with E-state index >= 15 is 0 Å². The number of benzene rings is 2. The van der Waals surface area contributed by atoms with Crippen molar-refractivity contribution in [3.05, 3.63) is 71.3 Å². The average molecular weight is 277 g/mol. The maximum atomic E-state index is 2.66. The van der Waals surface area contributed by atoms with Gasteiger partial charge in [-0.1, -0.05) is 54.6 Å². The van der Waals surface area contributed by atoms with Crippen molar-refractivity contribution in [2.24, 2.45) is 5.92 Å². The van der Waals surface area contributed by atoms with Gasteiger partial charge in [-0.3, -0.25) is 4.90 Å². The van der Waals surface area contributed by atoms with Gasteiger partial charge < -0.3 is 0 Å². The van der Waals surface area contributed by atoms with E-state index in [0.717, 1.165) is 18.4 Å². The van der Waals surface area contributed by atoms with Gasteiger partial charge in [-0.05, 0) is 54.3 Å². The number of hydrogen-bond donors (Lipinski definition) is 0. The molecule has 1 aliphatic carbocycles. The highest BCUT2D eigenvalue weighted by molar-refractivity contribution is 5.34. The highest BCUT2D eigenvalue weighted by Gasteiger charge is 2.33. The molecule has 2 aromatic rings. The van der Waals surface area contributed by atoms with E-state index in [2.05, 4.69) is 59.5 Å². The van der Waals surface area contributed by atoms with Gasteiger partial charge in [0.1, 0.15) is 0 Å². The van der Waals surface area contributed by atoms with Crippen molar-refractivity contribution in [3.63, 3.8) is 0 Å². The van der Waals surface area contributed by atoms with Gasteiger partial charge in [0.15, 0.2) is 0 Å². The zero-order valence-corrected chi connectivity index (χ0v) is 12.5. The van der Waals surface area contributed by atoms with E-state index in [1.54, 1.807) is 11.1 Å². The second-order valence-corrected chi connectivity index (χ2v) is 6.61. The third-order valence-electron chi connectivity index (χ3n) is 5.31. The first kappa shape index (κ1) is 13.1. The molecule has 21 heavy (non-hydrogen) atoms. The minimum atomic E-state index is 0.807. The minimum Gasteiger partial charge on any atom is -0.299 e. The Hall–Kier alpha value is -1.60. The van der Waals surface area contributed by atoms with Crippen LogP contribution in [0, 0.1) is 5.92 Å². The molecule has 0 N–H and O–H groups in total. The SMILES string of the molecule is c1ccc(CN2CCC3c4ccccc4CCC3C2)cc1. The van der Waals surface area contributed by atoms with Gasteiger partial charge in [0.05, 0.1) is 0 Å². The lowest BCUT2D eigenvalue weighted by molar-refractivity contribution is 0.135. The summed E-state index contributed by atoms with van der Waals surface area (Å²) in [5, 5.41) is 0. The Labute approximate surface area is 127 Å². The molecule has 0 bridgehead atoms. The fourth-order valence-electron chi connectivity index (χ4n) is 4.26. The van der Waals surface area contributed by atoms with Crippen molar-refractivity contribution in [2.75, 3.05) is 13.1 Å². The Bertz CT molecular complexity index is 604. The summed E-state index contributed by atoms with van der Waals surface area (Å²) in [5.74, 6) is 1.67. The molecule has 1 aliphatic heterocycles. The standard InChI is InChI=1S/C20H23N/c1-2-6-16(7-3-1)14-21-13-12-20-18(15-21)11-10-17-8-4-5-9-19(17)20/h1-9,18,20H,10-15H2. The third kappa shape index (κ3) is 2.63. The maximum Gasteiger partial charge on any atom is 0.0233 e. The van der Waals surface area contributed by atoms with E-state index in [1.165, 1.54) is 37.9 Å². The lowest BCUT2D eigenvalue weighted by atomic mass is 9.71. The fraction of sp³-hybridized carbons (Fsp3) is 0.400. The van der Waals surface area contributed by atoms with Crippen LogP contribution in [-0.4, -0.2) is 18.0 Å². The van der Waals surface area contributed by atoms with Gasteiger partial charge in [-0.25, -0.2) is 0 Å². The first-order chi connectivity index (χ1) is 10.4. The number of piperidine rings is 1. The molecular formula is C20H23N. The lowest BCUT2D eigenvalue weighted by Gasteiger charge is -2.42. The van der Waals surface area contributed by atoms with Crippen LogP contribution in [0.4, 0.5) is 0 Å². The molecule has 2 aromatic carbocycles. The summed E-state index contributed by atoms with van der Waals surface area (Å²) in [7, 11) is 0. The summed E-state index contributed by atoms with van der Waals surface area (Å²) in [6, 6.07) is 20.0. The molecule has 2 unspecified atom stereocenters.